The van der Waals surface area contributed by atoms with Crippen LogP contribution in [0, 0.1) is 0 Å². The van der Waals surface area contributed by atoms with Crippen molar-refractivity contribution in [2.24, 2.45) is 0 Å². The lowest BCUT2D eigenvalue weighted by Crippen LogP contribution is -2.36. The highest BCUT2D eigenvalue weighted by Crippen LogP contribution is 2.30. The third kappa shape index (κ3) is 3.82. The Morgan fingerprint density at radius 2 is 2.11 bits per heavy atom. The van der Waals surface area contributed by atoms with Crippen LogP contribution in [0.5, 0.6) is 0 Å². The summed E-state index contributed by atoms with van der Waals surface area (Å²) in [6.07, 6.45) is 6.00. The zero-order valence-corrected chi connectivity index (χ0v) is 12.4. The van der Waals surface area contributed by atoms with Gasteiger partial charge in [-0.3, -0.25) is 4.79 Å². The van der Waals surface area contributed by atoms with E-state index in [1.165, 1.54) is 31.0 Å². The quantitative estimate of drug-likeness (QED) is 0.845. The molecule has 0 unspecified atom stereocenters. The highest BCUT2D eigenvalue weighted by Gasteiger charge is 2.23. The average molecular weight is 298 g/mol. The molecule has 104 valence electrons. The van der Waals surface area contributed by atoms with Gasteiger partial charge in [0.2, 0.25) is 11.0 Å². The Morgan fingerprint density at radius 1 is 1.32 bits per heavy atom. The molecule has 0 radical (unpaired) electrons. The first kappa shape index (κ1) is 13.2. The summed E-state index contributed by atoms with van der Waals surface area (Å²) in [6, 6.07) is 0.598. The van der Waals surface area contributed by atoms with Crippen molar-refractivity contribution in [1.82, 2.24) is 15.1 Å². The number of aromatic nitrogens is 2. The van der Waals surface area contributed by atoms with Gasteiger partial charge in [0.25, 0.3) is 0 Å². The molecule has 2 aliphatic rings. The summed E-state index contributed by atoms with van der Waals surface area (Å²) < 4.78 is 0.883. The Bertz CT molecular complexity index is 441. The van der Waals surface area contributed by atoms with Crippen LogP contribution >= 0.6 is 23.1 Å². The lowest BCUT2D eigenvalue weighted by Gasteiger charge is -2.26. The topological polar surface area (TPSA) is 58.1 Å². The minimum absolute atomic E-state index is 0.233. The van der Waals surface area contributed by atoms with Gasteiger partial charge in [0, 0.05) is 19.1 Å². The van der Waals surface area contributed by atoms with Crippen molar-refractivity contribution in [1.29, 1.82) is 0 Å². The summed E-state index contributed by atoms with van der Waals surface area (Å²) in [6.45, 7) is 1.84. The van der Waals surface area contributed by atoms with Crippen LogP contribution < -0.4 is 5.32 Å². The first-order valence-corrected chi connectivity index (χ1v) is 8.62. The van der Waals surface area contributed by atoms with Gasteiger partial charge in [0.1, 0.15) is 0 Å². The molecule has 5 nitrogen and oxygen atoms in total. The van der Waals surface area contributed by atoms with Gasteiger partial charge in [-0.1, -0.05) is 23.1 Å². The van der Waals surface area contributed by atoms with Crippen molar-refractivity contribution in [2.45, 2.75) is 42.5 Å². The number of likely N-dealkylation sites (tertiary alicyclic amines) is 1. The van der Waals surface area contributed by atoms with Gasteiger partial charge >= 0.3 is 0 Å². The predicted molar refractivity (Wildman–Crippen MR) is 77.7 cm³/mol. The average Bonchev–Trinajstić information content (AvgIpc) is 3.14. The Morgan fingerprint density at radius 3 is 2.84 bits per heavy atom. The van der Waals surface area contributed by atoms with Crippen LogP contribution in [0.4, 0.5) is 5.13 Å². The SMILES string of the molecule is O=C(CSc1nnc(NC2CC2)s1)N1CCCCC1. The van der Waals surface area contributed by atoms with Crippen molar-refractivity contribution < 1.29 is 4.79 Å². The molecule has 0 aromatic carbocycles. The number of nitrogens with zero attached hydrogens (tertiary/aromatic N) is 3. The van der Waals surface area contributed by atoms with Crippen LogP contribution in [-0.4, -0.2) is 45.9 Å². The van der Waals surface area contributed by atoms with Crippen LogP contribution in [0.15, 0.2) is 4.34 Å². The fraction of sp³-hybridized carbons (Fsp3) is 0.750. The van der Waals surface area contributed by atoms with E-state index >= 15 is 0 Å². The minimum Gasteiger partial charge on any atom is -0.357 e. The summed E-state index contributed by atoms with van der Waals surface area (Å²) >= 11 is 3.05. The molecule has 0 atom stereocenters. The Labute approximate surface area is 121 Å². The number of hydrogen-bond donors (Lipinski definition) is 1. The lowest BCUT2D eigenvalue weighted by molar-refractivity contribution is -0.129. The third-order valence-electron chi connectivity index (χ3n) is 3.34. The van der Waals surface area contributed by atoms with Crippen LogP contribution in [-0.2, 0) is 4.79 Å². The van der Waals surface area contributed by atoms with Gasteiger partial charge in [-0.05, 0) is 32.1 Å². The monoisotopic (exact) mass is 298 g/mol. The number of nitrogens with one attached hydrogen (secondary N) is 1. The molecule has 2 heterocycles. The second-order valence-corrected chi connectivity index (χ2v) is 7.22. The molecular formula is C12H18N4OS2. The van der Waals surface area contributed by atoms with Gasteiger partial charge in [-0.25, -0.2) is 0 Å². The molecule has 1 aromatic heterocycles. The molecule has 1 amide bonds. The number of anilines is 1. The number of piperidine rings is 1. The van der Waals surface area contributed by atoms with Gasteiger partial charge in [-0.2, -0.15) is 0 Å². The lowest BCUT2D eigenvalue weighted by atomic mass is 10.1. The molecule has 0 spiro atoms. The molecule has 1 N–H and O–H groups in total. The maximum absolute atomic E-state index is 12.0. The normalized spacial score (nSPS) is 19.5. The largest absolute Gasteiger partial charge is 0.357 e. The van der Waals surface area contributed by atoms with Crippen LogP contribution in [0.25, 0.3) is 0 Å². The fourth-order valence-corrected chi connectivity index (χ4v) is 3.82. The van der Waals surface area contributed by atoms with E-state index in [1.54, 1.807) is 11.3 Å². The van der Waals surface area contributed by atoms with Gasteiger partial charge in [0.15, 0.2) is 4.34 Å². The Hall–Kier alpha value is -0.820. The minimum atomic E-state index is 0.233. The van der Waals surface area contributed by atoms with E-state index in [-0.39, 0.29) is 5.91 Å². The molecule has 0 bridgehead atoms. The van der Waals surface area contributed by atoms with Crippen molar-refractivity contribution in [3.05, 3.63) is 0 Å². The van der Waals surface area contributed by atoms with Crippen molar-refractivity contribution in [2.75, 3.05) is 24.2 Å². The molecule has 1 saturated carbocycles. The van der Waals surface area contributed by atoms with E-state index in [2.05, 4.69) is 15.5 Å². The van der Waals surface area contributed by atoms with Gasteiger partial charge < -0.3 is 10.2 Å². The van der Waals surface area contributed by atoms with E-state index in [0.29, 0.717) is 11.8 Å². The van der Waals surface area contributed by atoms with Crippen LogP contribution in [0.1, 0.15) is 32.1 Å². The fourth-order valence-electron chi connectivity index (χ4n) is 2.09. The molecule has 19 heavy (non-hydrogen) atoms. The molecule has 1 aliphatic carbocycles. The molecule has 1 aliphatic heterocycles. The van der Waals surface area contributed by atoms with Crippen molar-refractivity contribution in [3.63, 3.8) is 0 Å². The highest BCUT2D eigenvalue weighted by molar-refractivity contribution is 8.01. The summed E-state index contributed by atoms with van der Waals surface area (Å²) in [5.41, 5.74) is 0. The maximum atomic E-state index is 12.0. The molecule has 1 saturated heterocycles. The van der Waals surface area contributed by atoms with Crippen molar-refractivity contribution in [3.8, 4) is 0 Å². The van der Waals surface area contributed by atoms with Gasteiger partial charge in [0.05, 0.1) is 5.75 Å². The zero-order chi connectivity index (χ0) is 13.1. The van der Waals surface area contributed by atoms with E-state index in [9.17, 15) is 4.79 Å². The number of amides is 1. The van der Waals surface area contributed by atoms with Gasteiger partial charge in [-0.15, -0.1) is 10.2 Å². The molecule has 7 heteroatoms. The number of thioether (sulfide) groups is 1. The van der Waals surface area contributed by atoms with Crippen LogP contribution in [0.2, 0.25) is 0 Å². The number of carbonyl (C=O) groups is 1. The molecule has 1 aromatic rings. The first-order chi connectivity index (χ1) is 9.31. The standard InChI is InChI=1S/C12H18N4OS2/c17-10(16-6-2-1-3-7-16)8-18-12-15-14-11(19-12)13-9-4-5-9/h9H,1-8H2,(H,13,14). The Kier molecular flexibility index (Phi) is 4.22. The molecule has 2 fully saturated rings. The summed E-state index contributed by atoms with van der Waals surface area (Å²) in [5.74, 6) is 0.717. The molecular weight excluding hydrogens is 280 g/mol. The van der Waals surface area contributed by atoms with Crippen molar-refractivity contribution >= 4 is 34.1 Å². The second kappa shape index (κ2) is 6.09. The zero-order valence-electron chi connectivity index (χ0n) is 10.8. The van der Waals surface area contributed by atoms with E-state index in [1.807, 2.05) is 4.90 Å². The first-order valence-electron chi connectivity index (χ1n) is 6.82. The maximum Gasteiger partial charge on any atom is 0.233 e. The Balaban J connectivity index is 1.45. The molecule has 3 rings (SSSR count). The number of hydrogen-bond acceptors (Lipinski definition) is 6. The predicted octanol–water partition coefficient (Wildman–Crippen LogP) is 2.22. The number of carbonyl (C=O) groups excluding carboxylic acids is 1. The summed E-state index contributed by atoms with van der Waals surface area (Å²) in [7, 11) is 0. The highest BCUT2D eigenvalue weighted by atomic mass is 32.2. The smallest absolute Gasteiger partial charge is 0.233 e. The van der Waals surface area contributed by atoms with E-state index < -0.39 is 0 Å². The van der Waals surface area contributed by atoms with E-state index in [4.69, 9.17) is 0 Å². The van der Waals surface area contributed by atoms with Crippen LogP contribution in [0.3, 0.4) is 0 Å². The number of rotatable bonds is 5. The van der Waals surface area contributed by atoms with E-state index in [0.717, 1.165) is 35.4 Å². The summed E-state index contributed by atoms with van der Waals surface area (Å²) in [5, 5.41) is 12.4. The third-order valence-corrected chi connectivity index (χ3v) is 5.31. The second-order valence-electron chi connectivity index (χ2n) is 5.02. The summed E-state index contributed by atoms with van der Waals surface area (Å²) in [4.78, 5) is 14.0.